The van der Waals surface area contributed by atoms with E-state index in [2.05, 4.69) is 42.6 Å². The van der Waals surface area contributed by atoms with E-state index in [1.54, 1.807) is 48.4 Å². The standard InChI is InChI=1S/C38H57FN14O9/c1-4-29(54)42-27-19-52(18-26(27)39)38-44-35(34-36(45-38)47(2)25-41-34)43-28-20-53(46-37(28)62-3)9-7-5-6-8-40-30(55)21-48-10-12-49(22-31(56)57)14-16-51(24-33(60)61)17-15-50(13-11-48)23-32(58)59/h4,20,25-27H,1,5-19,21-24H2,2-3H3,(H,40,55)(H,42,54)(H,56,57)(H,58,59)(H,60,61)(H,43,44,45)/t26-,27-/m1/s1. The number of imidazole rings is 1. The van der Waals surface area contributed by atoms with Crippen molar-refractivity contribution in [3.63, 3.8) is 0 Å². The molecule has 3 aromatic rings. The Morgan fingerprint density at radius 2 is 1.44 bits per heavy atom. The van der Waals surface area contributed by atoms with Gasteiger partial charge in [-0.3, -0.25) is 48.3 Å². The minimum atomic E-state index is -1.34. The van der Waals surface area contributed by atoms with Crippen LogP contribution in [0.3, 0.4) is 0 Å². The third kappa shape index (κ3) is 14.0. The molecule has 24 heteroatoms. The molecule has 340 valence electrons. The van der Waals surface area contributed by atoms with Crippen molar-refractivity contribution in [1.82, 2.24) is 59.5 Å². The number of methoxy groups -OCH3 is 1. The van der Waals surface area contributed by atoms with Crippen LogP contribution in [0.25, 0.3) is 11.2 Å². The number of hydrogen-bond acceptors (Lipinski definition) is 16. The van der Waals surface area contributed by atoms with Gasteiger partial charge < -0.3 is 45.5 Å². The Morgan fingerprint density at radius 1 is 0.855 bits per heavy atom. The van der Waals surface area contributed by atoms with E-state index in [0.717, 1.165) is 18.9 Å². The zero-order valence-electron chi connectivity index (χ0n) is 35.1. The van der Waals surface area contributed by atoms with Crippen LogP contribution in [-0.2, 0) is 37.6 Å². The molecule has 2 amide bonds. The highest BCUT2D eigenvalue weighted by Gasteiger charge is 2.35. The van der Waals surface area contributed by atoms with Crippen LogP contribution in [-0.4, -0.2) is 211 Å². The van der Waals surface area contributed by atoms with Crippen LogP contribution in [0.15, 0.2) is 25.2 Å². The molecule has 62 heavy (non-hydrogen) atoms. The number of anilines is 3. The molecule has 2 aliphatic rings. The van der Waals surface area contributed by atoms with E-state index >= 15 is 0 Å². The zero-order chi connectivity index (χ0) is 44.8. The highest BCUT2D eigenvalue weighted by atomic mass is 19.1. The fourth-order valence-corrected chi connectivity index (χ4v) is 7.26. The fraction of sp³-hybridized carbons (Fsp3) is 0.605. The van der Waals surface area contributed by atoms with Gasteiger partial charge in [-0.1, -0.05) is 6.58 Å². The number of hydrogen-bond donors (Lipinski definition) is 6. The summed E-state index contributed by atoms with van der Waals surface area (Å²) in [5.74, 6) is -2.80. The Kier molecular flexibility index (Phi) is 17.3. The number of nitrogens with one attached hydrogen (secondary N) is 3. The van der Waals surface area contributed by atoms with Crippen LogP contribution in [0, 0.1) is 0 Å². The van der Waals surface area contributed by atoms with Gasteiger partial charge in [0.25, 0.3) is 5.88 Å². The topological polar surface area (TPSA) is 269 Å². The van der Waals surface area contributed by atoms with Gasteiger partial charge in [0.05, 0.1) is 58.4 Å². The molecule has 23 nitrogen and oxygen atoms in total. The van der Waals surface area contributed by atoms with Gasteiger partial charge in [-0.2, -0.15) is 9.97 Å². The largest absolute Gasteiger partial charge is 0.480 e. The predicted octanol–water partition coefficient (Wildman–Crippen LogP) is -1.10. The molecule has 0 saturated carbocycles. The van der Waals surface area contributed by atoms with Crippen molar-refractivity contribution >= 4 is 58.3 Å². The normalized spacial score (nSPS) is 18.8. The van der Waals surface area contributed by atoms with E-state index in [-0.39, 0.29) is 64.2 Å². The second-order valence-corrected chi connectivity index (χ2v) is 15.3. The molecule has 0 aliphatic carbocycles. The van der Waals surface area contributed by atoms with Crippen molar-refractivity contribution in [3.05, 3.63) is 25.2 Å². The molecule has 2 aliphatic heterocycles. The lowest BCUT2D eigenvalue weighted by molar-refractivity contribution is -0.140. The average Bonchev–Trinajstić information content (AvgIpc) is 3.92. The maximum Gasteiger partial charge on any atom is 0.317 e. The molecule has 0 bridgehead atoms. The second kappa shape index (κ2) is 22.7. The van der Waals surface area contributed by atoms with Crippen molar-refractivity contribution in [2.24, 2.45) is 7.05 Å². The quantitative estimate of drug-likeness (QED) is 0.0581. The number of unbranched alkanes of at least 4 members (excludes halogenated alkanes) is 2. The molecule has 0 radical (unpaired) electrons. The van der Waals surface area contributed by atoms with Gasteiger partial charge in [0.1, 0.15) is 11.9 Å². The first-order valence-electron chi connectivity index (χ1n) is 20.4. The lowest BCUT2D eigenvalue weighted by atomic mass is 10.2. The number of carboxylic acids is 3. The molecule has 2 atom stereocenters. The zero-order valence-corrected chi connectivity index (χ0v) is 35.1. The molecular weight excluding hydrogens is 816 g/mol. The Bertz CT molecular complexity index is 2000. The van der Waals surface area contributed by atoms with E-state index in [4.69, 9.17) is 4.74 Å². The van der Waals surface area contributed by atoms with Crippen LogP contribution in [0.4, 0.5) is 21.8 Å². The number of aromatic nitrogens is 6. The van der Waals surface area contributed by atoms with Crippen LogP contribution in [0.5, 0.6) is 5.88 Å². The summed E-state index contributed by atoms with van der Waals surface area (Å²) in [6.45, 7) is 6.37. The first-order valence-corrected chi connectivity index (χ1v) is 20.4. The highest BCUT2D eigenvalue weighted by molar-refractivity contribution is 5.88. The van der Waals surface area contributed by atoms with Crippen LogP contribution >= 0.6 is 0 Å². The Morgan fingerprint density at radius 3 is 1.98 bits per heavy atom. The van der Waals surface area contributed by atoms with Crippen LogP contribution in [0.2, 0.25) is 0 Å². The number of carboxylic acid groups (broad SMARTS) is 3. The highest BCUT2D eigenvalue weighted by Crippen LogP contribution is 2.31. The molecule has 0 unspecified atom stereocenters. The summed E-state index contributed by atoms with van der Waals surface area (Å²) in [5.41, 5.74) is 1.52. The molecule has 0 spiro atoms. The summed E-state index contributed by atoms with van der Waals surface area (Å²) in [6.07, 6.45) is 5.34. The number of nitrogens with zero attached hydrogens (tertiary/aromatic N) is 11. The maximum absolute atomic E-state index is 14.9. The number of ether oxygens (including phenoxy) is 1. The number of halogens is 1. The molecule has 2 fully saturated rings. The molecular formula is C38H57FN14O9. The molecule has 2 saturated heterocycles. The predicted molar refractivity (Wildman–Crippen MR) is 223 cm³/mol. The lowest BCUT2D eigenvalue weighted by Crippen LogP contribution is -2.49. The van der Waals surface area contributed by atoms with Gasteiger partial charge in [0.15, 0.2) is 17.0 Å². The van der Waals surface area contributed by atoms with E-state index in [1.807, 2.05) is 4.90 Å². The summed E-state index contributed by atoms with van der Waals surface area (Å²) >= 11 is 0. The van der Waals surface area contributed by atoms with Gasteiger partial charge >= 0.3 is 17.9 Å². The number of carbonyl (C=O) groups excluding carboxylic acids is 2. The third-order valence-corrected chi connectivity index (χ3v) is 10.5. The van der Waals surface area contributed by atoms with E-state index in [9.17, 15) is 43.7 Å². The van der Waals surface area contributed by atoms with Crippen molar-refractivity contribution in [2.45, 2.75) is 38.0 Å². The van der Waals surface area contributed by atoms with Gasteiger partial charge in [-0.15, -0.1) is 5.10 Å². The minimum absolute atomic E-state index is 0.0165. The van der Waals surface area contributed by atoms with Gasteiger partial charge in [-0.25, -0.2) is 9.37 Å². The number of alkyl halides is 1. The van der Waals surface area contributed by atoms with E-state index in [0.29, 0.717) is 87.3 Å². The molecule has 0 aromatic carbocycles. The van der Waals surface area contributed by atoms with Crippen molar-refractivity contribution in [2.75, 3.05) is 115 Å². The fourth-order valence-electron chi connectivity index (χ4n) is 7.26. The van der Waals surface area contributed by atoms with Gasteiger partial charge in [0, 0.05) is 79.0 Å². The van der Waals surface area contributed by atoms with Gasteiger partial charge in [0.2, 0.25) is 17.8 Å². The van der Waals surface area contributed by atoms with Crippen LogP contribution < -0.4 is 25.6 Å². The Balaban J connectivity index is 1.12. The first-order chi connectivity index (χ1) is 29.7. The summed E-state index contributed by atoms with van der Waals surface area (Å²) < 4.78 is 23.9. The summed E-state index contributed by atoms with van der Waals surface area (Å²) in [5, 5.41) is 41.7. The lowest BCUT2D eigenvalue weighted by Gasteiger charge is -2.32. The van der Waals surface area contributed by atoms with Crippen molar-refractivity contribution < 1.29 is 48.4 Å². The van der Waals surface area contributed by atoms with Crippen molar-refractivity contribution in [3.8, 4) is 5.88 Å². The minimum Gasteiger partial charge on any atom is -0.480 e. The number of amides is 2. The monoisotopic (exact) mass is 872 g/mol. The number of aliphatic carboxylic acids is 3. The number of carbonyl (C=O) groups is 5. The smallest absolute Gasteiger partial charge is 0.317 e. The SMILES string of the molecule is C=CC(=O)N[C@@H]1CN(c2nc(Nc3cn(CCCCCNC(=O)CN4CCN(CC(=O)O)CCN(CC(=O)O)CCN(CC(=O)O)CC4)nc3OC)c3ncn(C)c3n2)C[C@H]1F. The van der Waals surface area contributed by atoms with Crippen molar-refractivity contribution in [1.29, 1.82) is 0 Å². The van der Waals surface area contributed by atoms with E-state index < -0.39 is 36.0 Å². The average molecular weight is 873 g/mol. The Hall–Kier alpha value is -5.98. The summed E-state index contributed by atoms with van der Waals surface area (Å²) in [6, 6.07) is -0.751. The maximum atomic E-state index is 14.9. The second-order valence-electron chi connectivity index (χ2n) is 15.3. The van der Waals surface area contributed by atoms with Crippen LogP contribution in [0.1, 0.15) is 19.3 Å². The number of fused-ring (bicyclic) bond motifs is 1. The number of aryl methyl sites for hydroxylation is 2. The molecule has 6 N–H and O–H groups in total. The summed E-state index contributed by atoms with van der Waals surface area (Å²) in [7, 11) is 3.29. The number of rotatable bonds is 20. The summed E-state index contributed by atoms with van der Waals surface area (Å²) in [4.78, 5) is 81.9. The van der Waals surface area contributed by atoms with Gasteiger partial charge in [-0.05, 0) is 25.3 Å². The molecule has 5 heterocycles. The molecule has 5 rings (SSSR count). The first kappa shape index (κ1) is 47.1. The molecule has 3 aromatic heterocycles. The van der Waals surface area contributed by atoms with E-state index in [1.165, 1.54) is 7.11 Å². The Labute approximate surface area is 357 Å². The third-order valence-electron chi connectivity index (χ3n) is 10.5.